The summed E-state index contributed by atoms with van der Waals surface area (Å²) in [4.78, 5) is 0. The van der Waals surface area contributed by atoms with Gasteiger partial charge in [-0.2, -0.15) is 5.10 Å². The van der Waals surface area contributed by atoms with Gasteiger partial charge < -0.3 is 5.32 Å². The van der Waals surface area contributed by atoms with E-state index in [9.17, 15) is 0 Å². The second-order valence-electron chi connectivity index (χ2n) is 3.47. The fourth-order valence-electron chi connectivity index (χ4n) is 1.90. The second kappa shape index (κ2) is 3.27. The van der Waals surface area contributed by atoms with Gasteiger partial charge in [-0.3, -0.25) is 5.10 Å². The van der Waals surface area contributed by atoms with Crippen LogP contribution in [0.15, 0.2) is 6.20 Å². The smallest absolute Gasteiger partial charge is 0.0524 e. The predicted molar refractivity (Wildman–Crippen MR) is 48.2 cm³/mol. The topological polar surface area (TPSA) is 40.7 Å². The zero-order valence-corrected chi connectivity index (χ0v) is 7.43. The minimum Gasteiger partial charge on any atom is -0.317 e. The van der Waals surface area contributed by atoms with Gasteiger partial charge in [0.2, 0.25) is 0 Å². The Balaban J connectivity index is 2.13. The van der Waals surface area contributed by atoms with Gasteiger partial charge in [0.05, 0.1) is 6.20 Å². The monoisotopic (exact) mass is 165 g/mol. The summed E-state index contributed by atoms with van der Waals surface area (Å²) in [5.41, 5.74) is 2.65. The van der Waals surface area contributed by atoms with Gasteiger partial charge in [0.1, 0.15) is 0 Å². The number of nitrogens with one attached hydrogen (secondary N) is 2. The summed E-state index contributed by atoms with van der Waals surface area (Å²) >= 11 is 0. The Bertz CT molecular complexity index is 248. The summed E-state index contributed by atoms with van der Waals surface area (Å²) in [7, 11) is 0. The van der Waals surface area contributed by atoms with Crippen LogP contribution in [0.2, 0.25) is 0 Å². The van der Waals surface area contributed by atoms with Crippen molar-refractivity contribution in [1.29, 1.82) is 0 Å². The molecule has 0 spiro atoms. The van der Waals surface area contributed by atoms with Crippen LogP contribution in [0.25, 0.3) is 0 Å². The standard InChI is InChI=1S/C9H15N3/c1-7-9(6-11-12-7)8-2-4-10-5-3-8/h6,8,10H,2-5H2,1H3,(H,11,12). The van der Waals surface area contributed by atoms with E-state index < -0.39 is 0 Å². The lowest BCUT2D eigenvalue weighted by Crippen LogP contribution is -2.26. The van der Waals surface area contributed by atoms with Gasteiger partial charge in [-0.15, -0.1) is 0 Å². The van der Waals surface area contributed by atoms with Crippen LogP contribution >= 0.6 is 0 Å². The Hall–Kier alpha value is -0.830. The van der Waals surface area contributed by atoms with Gasteiger partial charge in [-0.05, 0) is 44.3 Å². The molecule has 0 radical (unpaired) electrons. The first kappa shape index (κ1) is 7.80. The molecule has 0 saturated carbocycles. The van der Waals surface area contributed by atoms with Crippen LogP contribution in [0.3, 0.4) is 0 Å². The Kier molecular flexibility index (Phi) is 2.13. The largest absolute Gasteiger partial charge is 0.317 e. The average molecular weight is 165 g/mol. The van der Waals surface area contributed by atoms with E-state index >= 15 is 0 Å². The number of piperidine rings is 1. The van der Waals surface area contributed by atoms with Crippen molar-refractivity contribution in [2.24, 2.45) is 0 Å². The molecule has 1 saturated heterocycles. The van der Waals surface area contributed by atoms with Crippen LogP contribution in [0.5, 0.6) is 0 Å². The van der Waals surface area contributed by atoms with Crippen molar-refractivity contribution >= 4 is 0 Å². The maximum absolute atomic E-state index is 4.05. The third-order valence-corrected chi connectivity index (χ3v) is 2.65. The highest BCUT2D eigenvalue weighted by molar-refractivity contribution is 5.20. The van der Waals surface area contributed by atoms with Crippen LogP contribution in [0.1, 0.15) is 30.0 Å². The fraction of sp³-hybridized carbons (Fsp3) is 0.667. The van der Waals surface area contributed by atoms with E-state index in [4.69, 9.17) is 0 Å². The molecule has 0 amide bonds. The van der Waals surface area contributed by atoms with Crippen LogP contribution in [-0.4, -0.2) is 23.3 Å². The lowest BCUT2D eigenvalue weighted by atomic mass is 9.91. The lowest BCUT2D eigenvalue weighted by molar-refractivity contribution is 0.459. The number of hydrogen-bond acceptors (Lipinski definition) is 2. The zero-order valence-electron chi connectivity index (χ0n) is 7.43. The quantitative estimate of drug-likeness (QED) is 0.656. The molecule has 12 heavy (non-hydrogen) atoms. The summed E-state index contributed by atoms with van der Waals surface area (Å²) in [5.74, 6) is 0.727. The van der Waals surface area contributed by atoms with E-state index in [1.54, 1.807) is 0 Å². The van der Waals surface area contributed by atoms with Gasteiger partial charge in [0, 0.05) is 5.69 Å². The molecule has 2 heterocycles. The van der Waals surface area contributed by atoms with E-state index in [1.807, 2.05) is 6.20 Å². The highest BCUT2D eigenvalue weighted by Crippen LogP contribution is 2.26. The van der Waals surface area contributed by atoms with Crippen LogP contribution in [0, 0.1) is 6.92 Å². The summed E-state index contributed by atoms with van der Waals surface area (Å²) in [6.07, 6.45) is 4.48. The Labute approximate surface area is 72.6 Å². The van der Waals surface area contributed by atoms with Crippen LogP contribution in [-0.2, 0) is 0 Å². The van der Waals surface area contributed by atoms with E-state index in [0.29, 0.717) is 0 Å². The predicted octanol–water partition coefficient (Wildman–Crippen LogP) is 1.19. The highest BCUT2D eigenvalue weighted by atomic mass is 15.1. The number of aromatic amines is 1. The molecule has 1 aromatic heterocycles. The van der Waals surface area contributed by atoms with E-state index in [2.05, 4.69) is 22.4 Å². The molecule has 2 rings (SSSR count). The summed E-state index contributed by atoms with van der Waals surface area (Å²) < 4.78 is 0. The number of aryl methyl sites for hydroxylation is 1. The molecule has 0 unspecified atom stereocenters. The van der Waals surface area contributed by atoms with Gasteiger partial charge in [0.15, 0.2) is 0 Å². The first-order valence-electron chi connectivity index (χ1n) is 4.58. The van der Waals surface area contributed by atoms with Gasteiger partial charge in [-0.1, -0.05) is 0 Å². The summed E-state index contributed by atoms with van der Waals surface area (Å²) in [6.45, 7) is 4.40. The zero-order chi connectivity index (χ0) is 8.39. The summed E-state index contributed by atoms with van der Waals surface area (Å²) in [5, 5.41) is 10.4. The maximum Gasteiger partial charge on any atom is 0.0524 e. The normalized spacial score (nSPS) is 19.8. The Morgan fingerprint density at radius 2 is 2.17 bits per heavy atom. The molecule has 0 atom stereocenters. The van der Waals surface area contributed by atoms with Crippen molar-refractivity contribution in [2.75, 3.05) is 13.1 Å². The molecule has 0 aromatic carbocycles. The molecule has 0 bridgehead atoms. The number of hydrogen-bond donors (Lipinski definition) is 2. The number of rotatable bonds is 1. The van der Waals surface area contributed by atoms with Crippen molar-refractivity contribution in [2.45, 2.75) is 25.7 Å². The lowest BCUT2D eigenvalue weighted by Gasteiger charge is -2.21. The van der Waals surface area contributed by atoms with E-state index in [0.717, 1.165) is 19.0 Å². The third-order valence-electron chi connectivity index (χ3n) is 2.65. The van der Waals surface area contributed by atoms with E-state index in [1.165, 1.54) is 24.1 Å². The number of nitrogens with zero attached hydrogens (tertiary/aromatic N) is 1. The molecular weight excluding hydrogens is 150 g/mol. The molecule has 0 aliphatic carbocycles. The number of aromatic nitrogens is 2. The van der Waals surface area contributed by atoms with E-state index in [-0.39, 0.29) is 0 Å². The molecule has 3 nitrogen and oxygen atoms in total. The second-order valence-corrected chi connectivity index (χ2v) is 3.47. The van der Waals surface area contributed by atoms with Crippen molar-refractivity contribution in [3.05, 3.63) is 17.5 Å². The minimum absolute atomic E-state index is 0.727. The van der Waals surface area contributed by atoms with Gasteiger partial charge in [0.25, 0.3) is 0 Å². The molecule has 3 heteroatoms. The number of H-pyrrole nitrogens is 1. The molecule has 66 valence electrons. The molecule has 1 aliphatic rings. The Morgan fingerprint density at radius 3 is 2.75 bits per heavy atom. The first-order chi connectivity index (χ1) is 5.88. The van der Waals surface area contributed by atoms with Crippen LogP contribution < -0.4 is 5.32 Å². The van der Waals surface area contributed by atoms with Gasteiger partial charge in [-0.25, -0.2) is 0 Å². The molecule has 1 aliphatic heterocycles. The molecule has 1 aromatic rings. The first-order valence-corrected chi connectivity index (χ1v) is 4.58. The minimum atomic E-state index is 0.727. The molecule has 2 N–H and O–H groups in total. The van der Waals surface area contributed by atoms with Gasteiger partial charge >= 0.3 is 0 Å². The maximum atomic E-state index is 4.05. The highest BCUT2D eigenvalue weighted by Gasteiger charge is 2.17. The SMILES string of the molecule is Cc1[nH]ncc1C1CCNCC1. The molecular formula is C9H15N3. The fourth-order valence-corrected chi connectivity index (χ4v) is 1.90. The van der Waals surface area contributed by atoms with Crippen molar-refractivity contribution in [1.82, 2.24) is 15.5 Å². The Morgan fingerprint density at radius 1 is 1.42 bits per heavy atom. The van der Waals surface area contributed by atoms with Crippen molar-refractivity contribution in [3.63, 3.8) is 0 Å². The average Bonchev–Trinajstić information content (AvgIpc) is 2.53. The van der Waals surface area contributed by atoms with Crippen molar-refractivity contribution < 1.29 is 0 Å². The molecule has 1 fully saturated rings. The third kappa shape index (κ3) is 1.37. The summed E-state index contributed by atoms with van der Waals surface area (Å²) in [6, 6.07) is 0. The van der Waals surface area contributed by atoms with Crippen LogP contribution in [0.4, 0.5) is 0 Å². The van der Waals surface area contributed by atoms with Crippen molar-refractivity contribution in [3.8, 4) is 0 Å².